The molecule has 92 valence electrons. The molecule has 1 aliphatic rings. The highest BCUT2D eigenvalue weighted by molar-refractivity contribution is 6.30. The van der Waals surface area contributed by atoms with Crippen molar-refractivity contribution in [3.05, 3.63) is 34.1 Å². The van der Waals surface area contributed by atoms with Gasteiger partial charge in [-0.05, 0) is 42.5 Å². The number of alkyl halides is 1. The Kier molecular flexibility index (Phi) is 3.89. The van der Waals surface area contributed by atoms with E-state index in [2.05, 4.69) is 5.32 Å². The molecular weight excluding hydrogens is 264 g/mol. The maximum atomic E-state index is 13.7. The van der Waals surface area contributed by atoms with Crippen molar-refractivity contribution in [1.82, 2.24) is 5.32 Å². The number of amides is 1. The van der Waals surface area contributed by atoms with Gasteiger partial charge in [0, 0.05) is 5.02 Å². The summed E-state index contributed by atoms with van der Waals surface area (Å²) in [7, 11) is 0. The van der Waals surface area contributed by atoms with E-state index in [1.54, 1.807) is 6.07 Å². The molecule has 2 nitrogen and oxygen atoms in total. The quantitative estimate of drug-likeness (QED) is 0.826. The monoisotopic (exact) mass is 275 g/mol. The first-order valence-corrected chi connectivity index (χ1v) is 6.36. The molecule has 0 saturated heterocycles. The van der Waals surface area contributed by atoms with Gasteiger partial charge in [0.2, 0.25) is 5.91 Å². The molecule has 0 fully saturated rings. The SMILES string of the molecule is O=C(CCl)NC1CCCc2c(F)cc(Cl)cc21. The third-order valence-corrected chi connectivity index (χ3v) is 3.41. The molecule has 0 bridgehead atoms. The molecule has 2 rings (SSSR count). The zero-order chi connectivity index (χ0) is 12.4. The zero-order valence-electron chi connectivity index (χ0n) is 9.10. The summed E-state index contributed by atoms with van der Waals surface area (Å²) in [6.45, 7) is 0. The van der Waals surface area contributed by atoms with Crippen LogP contribution in [0.1, 0.15) is 30.0 Å². The molecule has 0 heterocycles. The highest BCUT2D eigenvalue weighted by atomic mass is 35.5. The molecule has 0 saturated carbocycles. The summed E-state index contributed by atoms with van der Waals surface area (Å²) in [5.41, 5.74) is 1.43. The number of hydrogen-bond donors (Lipinski definition) is 1. The number of benzene rings is 1. The summed E-state index contributed by atoms with van der Waals surface area (Å²) in [5, 5.41) is 3.14. The molecule has 17 heavy (non-hydrogen) atoms. The predicted octanol–water partition coefficient (Wildman–Crippen LogP) is 3.21. The Balaban J connectivity index is 2.33. The molecular formula is C12H12Cl2FNO. The highest BCUT2D eigenvalue weighted by Crippen LogP contribution is 2.33. The second-order valence-electron chi connectivity index (χ2n) is 4.10. The van der Waals surface area contributed by atoms with E-state index in [0.717, 1.165) is 18.4 Å². The number of nitrogens with one attached hydrogen (secondary N) is 1. The lowest BCUT2D eigenvalue weighted by Gasteiger charge is -2.26. The fourth-order valence-electron chi connectivity index (χ4n) is 2.22. The van der Waals surface area contributed by atoms with Crippen molar-refractivity contribution >= 4 is 29.1 Å². The first-order chi connectivity index (χ1) is 8.11. The summed E-state index contributed by atoms with van der Waals surface area (Å²) >= 11 is 11.3. The van der Waals surface area contributed by atoms with Crippen LogP contribution < -0.4 is 5.32 Å². The van der Waals surface area contributed by atoms with Gasteiger partial charge in [0.05, 0.1) is 6.04 Å². The van der Waals surface area contributed by atoms with Crippen LogP contribution in [0.15, 0.2) is 12.1 Å². The summed E-state index contributed by atoms with van der Waals surface area (Å²) in [4.78, 5) is 11.3. The number of rotatable bonds is 2. The van der Waals surface area contributed by atoms with Crippen LogP contribution in [0.2, 0.25) is 5.02 Å². The van der Waals surface area contributed by atoms with Crippen molar-refractivity contribution in [2.45, 2.75) is 25.3 Å². The lowest BCUT2D eigenvalue weighted by Crippen LogP contribution is -2.32. The fourth-order valence-corrected chi connectivity index (χ4v) is 2.51. The molecule has 1 atom stereocenters. The van der Waals surface area contributed by atoms with E-state index in [-0.39, 0.29) is 23.6 Å². The van der Waals surface area contributed by atoms with Crippen LogP contribution in [0, 0.1) is 5.82 Å². The largest absolute Gasteiger partial charge is 0.348 e. The maximum Gasteiger partial charge on any atom is 0.235 e. The van der Waals surface area contributed by atoms with Gasteiger partial charge in [-0.1, -0.05) is 11.6 Å². The summed E-state index contributed by atoms with van der Waals surface area (Å²) < 4.78 is 13.7. The Hall–Kier alpha value is -0.800. The van der Waals surface area contributed by atoms with Crippen molar-refractivity contribution in [3.63, 3.8) is 0 Å². The number of fused-ring (bicyclic) bond motifs is 1. The van der Waals surface area contributed by atoms with Crippen molar-refractivity contribution in [3.8, 4) is 0 Å². The highest BCUT2D eigenvalue weighted by Gasteiger charge is 2.24. The molecule has 5 heteroatoms. The summed E-state index contributed by atoms with van der Waals surface area (Å²) in [6, 6.07) is 2.85. The fraction of sp³-hybridized carbons (Fsp3) is 0.417. The molecule has 1 N–H and O–H groups in total. The Bertz CT molecular complexity index is 450. The van der Waals surface area contributed by atoms with Crippen LogP contribution in [0.5, 0.6) is 0 Å². The molecule has 1 aromatic carbocycles. The Morgan fingerprint density at radius 2 is 2.29 bits per heavy atom. The average molecular weight is 276 g/mol. The number of hydrogen-bond acceptors (Lipinski definition) is 1. The zero-order valence-corrected chi connectivity index (χ0v) is 10.6. The second kappa shape index (κ2) is 5.23. The molecule has 0 aromatic heterocycles. The van der Waals surface area contributed by atoms with E-state index in [0.29, 0.717) is 17.0 Å². The van der Waals surface area contributed by atoms with Crippen LogP contribution in [0.25, 0.3) is 0 Å². The van der Waals surface area contributed by atoms with E-state index >= 15 is 0 Å². The normalized spacial score (nSPS) is 18.6. The number of carbonyl (C=O) groups is 1. The van der Waals surface area contributed by atoms with Crippen molar-refractivity contribution in [1.29, 1.82) is 0 Å². The number of halogens is 3. The first-order valence-electron chi connectivity index (χ1n) is 5.45. The smallest absolute Gasteiger partial charge is 0.235 e. The third-order valence-electron chi connectivity index (χ3n) is 2.95. The van der Waals surface area contributed by atoms with Gasteiger partial charge < -0.3 is 5.32 Å². The van der Waals surface area contributed by atoms with Crippen LogP contribution in [-0.2, 0) is 11.2 Å². The topological polar surface area (TPSA) is 29.1 Å². The van der Waals surface area contributed by atoms with E-state index < -0.39 is 0 Å². The van der Waals surface area contributed by atoms with Crippen LogP contribution in [-0.4, -0.2) is 11.8 Å². The Morgan fingerprint density at radius 1 is 1.53 bits per heavy atom. The van der Waals surface area contributed by atoms with Crippen LogP contribution in [0.3, 0.4) is 0 Å². The van der Waals surface area contributed by atoms with Gasteiger partial charge in [-0.3, -0.25) is 4.79 Å². The Labute approximate surface area is 109 Å². The lowest BCUT2D eigenvalue weighted by atomic mass is 9.87. The van der Waals surface area contributed by atoms with Gasteiger partial charge in [-0.25, -0.2) is 4.39 Å². The molecule has 1 aromatic rings. The predicted molar refractivity (Wildman–Crippen MR) is 66.0 cm³/mol. The summed E-state index contributed by atoms with van der Waals surface area (Å²) in [5.74, 6) is -0.628. The second-order valence-corrected chi connectivity index (χ2v) is 4.81. The molecule has 1 unspecified atom stereocenters. The van der Waals surface area contributed by atoms with Gasteiger partial charge in [-0.15, -0.1) is 11.6 Å². The third kappa shape index (κ3) is 2.72. The van der Waals surface area contributed by atoms with Gasteiger partial charge in [0.25, 0.3) is 0 Å². The van der Waals surface area contributed by atoms with Crippen molar-refractivity contribution in [2.24, 2.45) is 0 Å². The molecule has 0 radical (unpaired) electrons. The van der Waals surface area contributed by atoms with Gasteiger partial charge in [0.1, 0.15) is 11.7 Å². The van der Waals surface area contributed by atoms with E-state index in [1.807, 2.05) is 0 Å². The standard InChI is InChI=1S/C12H12Cl2FNO/c13-6-12(17)16-11-3-1-2-8-9(11)4-7(14)5-10(8)15/h4-5,11H,1-3,6H2,(H,16,17). The summed E-state index contributed by atoms with van der Waals surface area (Å²) in [6.07, 6.45) is 2.32. The molecule has 0 spiro atoms. The van der Waals surface area contributed by atoms with Crippen LogP contribution in [0.4, 0.5) is 4.39 Å². The minimum absolute atomic E-state index is 0.0884. The number of carbonyl (C=O) groups excluding carboxylic acids is 1. The van der Waals surface area contributed by atoms with E-state index in [4.69, 9.17) is 23.2 Å². The average Bonchev–Trinajstić information content (AvgIpc) is 2.30. The van der Waals surface area contributed by atoms with Gasteiger partial charge in [0.15, 0.2) is 0 Å². The van der Waals surface area contributed by atoms with Crippen molar-refractivity contribution < 1.29 is 9.18 Å². The molecule has 0 aliphatic heterocycles. The maximum absolute atomic E-state index is 13.7. The lowest BCUT2D eigenvalue weighted by molar-refractivity contribution is -0.119. The molecule has 1 aliphatic carbocycles. The van der Waals surface area contributed by atoms with E-state index in [1.165, 1.54) is 6.07 Å². The van der Waals surface area contributed by atoms with Crippen molar-refractivity contribution in [2.75, 3.05) is 5.88 Å². The van der Waals surface area contributed by atoms with Crippen LogP contribution >= 0.6 is 23.2 Å². The first kappa shape index (κ1) is 12.7. The van der Waals surface area contributed by atoms with E-state index in [9.17, 15) is 9.18 Å². The van der Waals surface area contributed by atoms with Gasteiger partial charge in [-0.2, -0.15) is 0 Å². The van der Waals surface area contributed by atoms with Gasteiger partial charge >= 0.3 is 0 Å². The molecule has 1 amide bonds. The minimum Gasteiger partial charge on any atom is -0.348 e. The Morgan fingerprint density at radius 3 is 3.00 bits per heavy atom. The minimum atomic E-state index is -0.294.